The summed E-state index contributed by atoms with van der Waals surface area (Å²) in [4.78, 5) is 20.2. The van der Waals surface area contributed by atoms with Crippen LogP contribution in [-0.4, -0.2) is 40.6 Å². The van der Waals surface area contributed by atoms with Gasteiger partial charge in [0.05, 0.1) is 19.0 Å². The van der Waals surface area contributed by atoms with E-state index in [0.717, 1.165) is 31.5 Å². The molecule has 0 radical (unpaired) electrons. The van der Waals surface area contributed by atoms with Crippen molar-refractivity contribution in [1.29, 1.82) is 0 Å². The summed E-state index contributed by atoms with van der Waals surface area (Å²) < 4.78 is 5.52. The molecule has 0 saturated carbocycles. The highest BCUT2D eigenvalue weighted by atomic mass is 32.1. The summed E-state index contributed by atoms with van der Waals surface area (Å²) in [6, 6.07) is 13.9. The number of thiophene rings is 1. The second-order valence-corrected chi connectivity index (χ2v) is 7.78. The average Bonchev–Trinajstić information content (AvgIpc) is 3.39. The molecule has 3 aromatic rings. The van der Waals surface area contributed by atoms with E-state index in [0.29, 0.717) is 24.8 Å². The van der Waals surface area contributed by atoms with Gasteiger partial charge in [0.25, 0.3) is 0 Å². The van der Waals surface area contributed by atoms with E-state index < -0.39 is 0 Å². The highest BCUT2D eigenvalue weighted by Crippen LogP contribution is 2.27. The second-order valence-electron chi connectivity index (χ2n) is 6.75. The Bertz CT molecular complexity index is 863. The van der Waals surface area contributed by atoms with E-state index in [4.69, 9.17) is 4.52 Å². The lowest BCUT2D eigenvalue weighted by Crippen LogP contribution is -2.41. The van der Waals surface area contributed by atoms with E-state index in [-0.39, 0.29) is 11.8 Å². The molecule has 1 saturated heterocycles. The summed E-state index contributed by atoms with van der Waals surface area (Å²) in [7, 11) is 0. The molecule has 2 aromatic heterocycles. The van der Waals surface area contributed by atoms with Crippen LogP contribution in [0.25, 0.3) is 11.4 Å². The topological polar surface area (TPSA) is 71.3 Å². The molecule has 1 atom stereocenters. The van der Waals surface area contributed by atoms with Gasteiger partial charge in [-0.15, -0.1) is 11.3 Å². The van der Waals surface area contributed by atoms with Crippen LogP contribution in [0.1, 0.15) is 29.5 Å². The van der Waals surface area contributed by atoms with Crippen molar-refractivity contribution >= 4 is 17.2 Å². The van der Waals surface area contributed by atoms with Crippen LogP contribution >= 0.6 is 11.3 Å². The van der Waals surface area contributed by atoms with Crippen LogP contribution in [0.3, 0.4) is 0 Å². The van der Waals surface area contributed by atoms with Crippen LogP contribution in [0.5, 0.6) is 0 Å². The SMILES string of the molecule is O=C(CN1CCCC(c2nc(-c3ccccc3)no2)C1)NCc1cccs1. The number of hydrogen-bond acceptors (Lipinski definition) is 6. The highest BCUT2D eigenvalue weighted by molar-refractivity contribution is 7.09. The van der Waals surface area contributed by atoms with Gasteiger partial charge < -0.3 is 9.84 Å². The third kappa shape index (κ3) is 4.61. The minimum Gasteiger partial charge on any atom is -0.350 e. The summed E-state index contributed by atoms with van der Waals surface area (Å²) in [6.07, 6.45) is 2.02. The number of hydrogen-bond donors (Lipinski definition) is 1. The van der Waals surface area contributed by atoms with E-state index in [1.807, 2.05) is 47.8 Å². The highest BCUT2D eigenvalue weighted by Gasteiger charge is 2.27. The number of aromatic nitrogens is 2. The van der Waals surface area contributed by atoms with Crippen molar-refractivity contribution in [2.24, 2.45) is 0 Å². The minimum atomic E-state index is 0.0551. The molecule has 1 amide bonds. The van der Waals surface area contributed by atoms with Crippen molar-refractivity contribution in [3.05, 3.63) is 58.6 Å². The molecule has 1 unspecified atom stereocenters. The van der Waals surface area contributed by atoms with Crippen molar-refractivity contribution in [3.8, 4) is 11.4 Å². The predicted octanol–water partition coefficient (Wildman–Crippen LogP) is 3.29. The number of piperidine rings is 1. The zero-order chi connectivity index (χ0) is 18.5. The summed E-state index contributed by atoms with van der Waals surface area (Å²) in [6.45, 7) is 2.69. The van der Waals surface area contributed by atoms with Crippen molar-refractivity contribution in [1.82, 2.24) is 20.4 Å². The van der Waals surface area contributed by atoms with Gasteiger partial charge in [0.2, 0.25) is 17.6 Å². The Labute approximate surface area is 162 Å². The molecule has 0 aliphatic carbocycles. The first-order chi connectivity index (χ1) is 13.3. The zero-order valence-corrected chi connectivity index (χ0v) is 15.8. The number of nitrogens with one attached hydrogen (secondary N) is 1. The maximum atomic E-state index is 12.2. The molecule has 1 aliphatic heterocycles. The summed E-state index contributed by atoms with van der Waals surface area (Å²) >= 11 is 1.65. The monoisotopic (exact) mass is 382 g/mol. The Kier molecular flexibility index (Phi) is 5.60. The zero-order valence-electron chi connectivity index (χ0n) is 15.0. The fourth-order valence-electron chi connectivity index (χ4n) is 3.36. The molecule has 4 rings (SSSR count). The molecule has 1 aliphatic rings. The van der Waals surface area contributed by atoms with Gasteiger partial charge in [-0.1, -0.05) is 41.6 Å². The molecule has 6 nitrogen and oxygen atoms in total. The van der Waals surface area contributed by atoms with Crippen LogP contribution in [-0.2, 0) is 11.3 Å². The fraction of sp³-hybridized carbons (Fsp3) is 0.350. The van der Waals surface area contributed by atoms with Gasteiger partial charge >= 0.3 is 0 Å². The van der Waals surface area contributed by atoms with Gasteiger partial charge in [-0.2, -0.15) is 4.98 Å². The van der Waals surface area contributed by atoms with Crippen molar-refractivity contribution in [2.45, 2.75) is 25.3 Å². The molecular weight excluding hydrogens is 360 g/mol. The van der Waals surface area contributed by atoms with Gasteiger partial charge in [-0.05, 0) is 30.8 Å². The molecular formula is C20H22N4O2S. The van der Waals surface area contributed by atoms with Crippen molar-refractivity contribution in [3.63, 3.8) is 0 Å². The third-order valence-corrected chi connectivity index (χ3v) is 5.61. The van der Waals surface area contributed by atoms with Crippen LogP contribution in [0.15, 0.2) is 52.4 Å². The van der Waals surface area contributed by atoms with Crippen LogP contribution in [0, 0.1) is 0 Å². The largest absolute Gasteiger partial charge is 0.350 e. The van der Waals surface area contributed by atoms with Gasteiger partial charge in [-0.3, -0.25) is 9.69 Å². The molecule has 0 spiro atoms. The standard InChI is InChI=1S/C20H22N4O2S/c25-18(21-12-17-9-5-11-27-17)14-24-10-4-8-16(13-24)20-22-19(23-26-20)15-6-2-1-3-7-15/h1-3,5-7,9,11,16H,4,8,10,12-14H2,(H,21,25). The summed E-state index contributed by atoms with van der Waals surface area (Å²) in [5.41, 5.74) is 0.952. The predicted molar refractivity (Wildman–Crippen MR) is 104 cm³/mol. The molecule has 3 heterocycles. The van der Waals surface area contributed by atoms with Crippen LogP contribution in [0.4, 0.5) is 0 Å². The lowest BCUT2D eigenvalue weighted by atomic mass is 9.98. The van der Waals surface area contributed by atoms with Crippen LogP contribution in [0.2, 0.25) is 0 Å². The fourth-order valence-corrected chi connectivity index (χ4v) is 4.01. The van der Waals surface area contributed by atoms with E-state index in [2.05, 4.69) is 20.4 Å². The maximum Gasteiger partial charge on any atom is 0.234 e. The number of benzene rings is 1. The van der Waals surface area contributed by atoms with Gasteiger partial charge in [-0.25, -0.2) is 0 Å². The molecule has 1 aromatic carbocycles. The number of likely N-dealkylation sites (tertiary alicyclic amines) is 1. The molecule has 0 bridgehead atoms. The normalized spacial score (nSPS) is 17.7. The lowest BCUT2D eigenvalue weighted by molar-refractivity contribution is -0.122. The Morgan fingerprint density at radius 2 is 2.15 bits per heavy atom. The molecule has 7 heteroatoms. The first kappa shape index (κ1) is 17.9. The number of rotatable bonds is 6. The van der Waals surface area contributed by atoms with Gasteiger partial charge in [0.1, 0.15) is 0 Å². The molecule has 140 valence electrons. The molecule has 27 heavy (non-hydrogen) atoms. The van der Waals surface area contributed by atoms with Gasteiger partial charge in [0.15, 0.2) is 0 Å². The van der Waals surface area contributed by atoms with Gasteiger partial charge in [0, 0.05) is 17.0 Å². The number of nitrogens with zero attached hydrogens (tertiary/aromatic N) is 3. The lowest BCUT2D eigenvalue weighted by Gasteiger charge is -2.30. The Hall–Kier alpha value is -2.51. The summed E-state index contributed by atoms with van der Waals surface area (Å²) in [5, 5.41) is 9.13. The van der Waals surface area contributed by atoms with Crippen LogP contribution < -0.4 is 5.32 Å². The first-order valence-electron chi connectivity index (χ1n) is 9.18. The number of carbonyl (C=O) groups excluding carboxylic acids is 1. The van der Waals surface area contributed by atoms with E-state index in [1.165, 1.54) is 4.88 Å². The molecule has 1 fully saturated rings. The molecule has 1 N–H and O–H groups in total. The smallest absolute Gasteiger partial charge is 0.234 e. The summed E-state index contributed by atoms with van der Waals surface area (Å²) in [5.74, 6) is 1.52. The minimum absolute atomic E-state index is 0.0551. The number of carbonyl (C=O) groups is 1. The number of amides is 1. The second kappa shape index (κ2) is 8.45. The van der Waals surface area contributed by atoms with Crippen molar-refractivity contribution in [2.75, 3.05) is 19.6 Å². The Morgan fingerprint density at radius 3 is 2.96 bits per heavy atom. The third-order valence-electron chi connectivity index (χ3n) is 4.74. The van der Waals surface area contributed by atoms with Crippen molar-refractivity contribution < 1.29 is 9.32 Å². The maximum absolute atomic E-state index is 12.2. The Morgan fingerprint density at radius 1 is 1.26 bits per heavy atom. The van der Waals surface area contributed by atoms with E-state index >= 15 is 0 Å². The quantitative estimate of drug-likeness (QED) is 0.708. The van der Waals surface area contributed by atoms with E-state index in [1.54, 1.807) is 11.3 Å². The first-order valence-corrected chi connectivity index (χ1v) is 10.1. The van der Waals surface area contributed by atoms with E-state index in [9.17, 15) is 4.79 Å². The average molecular weight is 382 g/mol. The Balaban J connectivity index is 1.33.